The zero-order valence-electron chi connectivity index (χ0n) is 20.6. The van der Waals surface area contributed by atoms with E-state index in [2.05, 4.69) is 20.5 Å². The van der Waals surface area contributed by atoms with E-state index in [0.29, 0.717) is 47.5 Å². The summed E-state index contributed by atoms with van der Waals surface area (Å²) in [5.41, 5.74) is 2.10. The minimum atomic E-state index is -4.57. The number of anilines is 1. The number of esters is 1. The fraction of sp³-hybridized carbons (Fsp3) is 0.346. The van der Waals surface area contributed by atoms with Gasteiger partial charge in [0.05, 0.1) is 18.5 Å². The highest BCUT2D eigenvalue weighted by Gasteiger charge is 2.39. The van der Waals surface area contributed by atoms with Crippen molar-refractivity contribution in [1.29, 1.82) is 0 Å². The standard InChI is InChI=1S/C26H25F3N6O3/c1-2-38-25(37)19-14-31-35-20(11-12-30-24(19)35)16-7-6-8-17(13-16)32-22(36)15-34-21-10-5-3-4-9-18(21)23(33-34)26(27,28)29/h6-8,11-14H,2-5,9-10,15H2,1H3,(H,32,36). The van der Waals surface area contributed by atoms with Crippen LogP contribution in [0.4, 0.5) is 18.9 Å². The van der Waals surface area contributed by atoms with Gasteiger partial charge in [0, 0.05) is 28.7 Å². The number of amides is 1. The Bertz CT molecular complexity index is 1510. The average molecular weight is 527 g/mol. The van der Waals surface area contributed by atoms with Gasteiger partial charge in [-0.05, 0) is 50.8 Å². The Morgan fingerprint density at radius 2 is 1.95 bits per heavy atom. The van der Waals surface area contributed by atoms with Crippen molar-refractivity contribution >= 4 is 23.2 Å². The fourth-order valence-corrected chi connectivity index (χ4v) is 4.76. The SMILES string of the molecule is CCOC(=O)c1cnn2c(-c3cccc(NC(=O)Cn4nc(C(F)(F)F)c5c4CCCCC5)c3)ccnc12. The Morgan fingerprint density at radius 1 is 1.13 bits per heavy atom. The number of alkyl halides is 3. The van der Waals surface area contributed by atoms with Gasteiger partial charge in [-0.15, -0.1) is 0 Å². The van der Waals surface area contributed by atoms with Crippen LogP contribution in [-0.4, -0.2) is 42.9 Å². The van der Waals surface area contributed by atoms with E-state index in [1.807, 2.05) is 0 Å². The molecule has 0 radical (unpaired) electrons. The zero-order chi connectivity index (χ0) is 26.9. The summed E-state index contributed by atoms with van der Waals surface area (Å²) < 4.78 is 48.5. The Morgan fingerprint density at radius 3 is 2.74 bits per heavy atom. The Labute approximate surface area is 215 Å². The first-order valence-corrected chi connectivity index (χ1v) is 12.3. The second-order valence-electron chi connectivity index (χ2n) is 8.96. The lowest BCUT2D eigenvalue weighted by atomic mass is 10.1. The molecule has 9 nitrogen and oxygen atoms in total. The lowest BCUT2D eigenvalue weighted by Gasteiger charge is -2.11. The molecule has 1 aliphatic rings. The van der Waals surface area contributed by atoms with E-state index in [0.717, 1.165) is 12.8 Å². The first-order valence-electron chi connectivity index (χ1n) is 12.3. The number of halogens is 3. The topological polar surface area (TPSA) is 103 Å². The number of rotatable bonds is 6. The van der Waals surface area contributed by atoms with Gasteiger partial charge in [0.15, 0.2) is 11.3 Å². The molecule has 0 atom stereocenters. The summed E-state index contributed by atoms with van der Waals surface area (Å²) in [6, 6.07) is 8.64. The summed E-state index contributed by atoms with van der Waals surface area (Å²) >= 11 is 0. The summed E-state index contributed by atoms with van der Waals surface area (Å²) in [7, 11) is 0. The highest BCUT2D eigenvalue weighted by molar-refractivity contribution is 5.96. The molecule has 1 amide bonds. The molecule has 3 heterocycles. The van der Waals surface area contributed by atoms with Gasteiger partial charge in [-0.25, -0.2) is 14.3 Å². The zero-order valence-corrected chi connectivity index (χ0v) is 20.6. The monoisotopic (exact) mass is 526 g/mol. The minimum absolute atomic E-state index is 0.202. The molecule has 5 rings (SSSR count). The maximum Gasteiger partial charge on any atom is 0.435 e. The van der Waals surface area contributed by atoms with E-state index in [1.165, 1.54) is 15.4 Å². The van der Waals surface area contributed by atoms with Crippen molar-refractivity contribution in [3.05, 3.63) is 65.2 Å². The van der Waals surface area contributed by atoms with E-state index in [9.17, 15) is 22.8 Å². The van der Waals surface area contributed by atoms with Crippen molar-refractivity contribution in [3.63, 3.8) is 0 Å². The third kappa shape index (κ3) is 4.98. The number of nitrogens with zero attached hydrogens (tertiary/aromatic N) is 5. The van der Waals surface area contributed by atoms with Gasteiger partial charge < -0.3 is 10.1 Å². The van der Waals surface area contributed by atoms with Crippen molar-refractivity contribution in [2.45, 2.75) is 51.7 Å². The summed E-state index contributed by atoms with van der Waals surface area (Å²) in [6.45, 7) is 1.60. The summed E-state index contributed by atoms with van der Waals surface area (Å²) in [5, 5.41) is 10.8. The number of nitrogens with one attached hydrogen (secondary N) is 1. The molecule has 0 aliphatic heterocycles. The number of hydrogen-bond acceptors (Lipinski definition) is 6. The Kier molecular flexibility index (Phi) is 6.87. The molecule has 198 valence electrons. The molecule has 3 aromatic heterocycles. The maximum atomic E-state index is 13.6. The Balaban J connectivity index is 1.39. The summed E-state index contributed by atoms with van der Waals surface area (Å²) in [6.07, 6.45) is 1.38. The average Bonchev–Trinajstić information content (AvgIpc) is 3.37. The number of hydrogen-bond donors (Lipinski definition) is 1. The first-order chi connectivity index (χ1) is 18.3. The van der Waals surface area contributed by atoms with Crippen molar-refractivity contribution in [3.8, 4) is 11.3 Å². The molecular weight excluding hydrogens is 501 g/mol. The van der Waals surface area contributed by atoms with Crippen molar-refractivity contribution in [1.82, 2.24) is 24.4 Å². The van der Waals surface area contributed by atoms with Crippen molar-refractivity contribution in [2.24, 2.45) is 0 Å². The van der Waals surface area contributed by atoms with Gasteiger partial charge in [0.2, 0.25) is 5.91 Å². The predicted octanol–water partition coefficient (Wildman–Crippen LogP) is 4.70. The summed E-state index contributed by atoms with van der Waals surface area (Å²) in [5.74, 6) is -1.02. The molecule has 1 N–H and O–H groups in total. The molecule has 1 aliphatic carbocycles. The molecule has 0 unspecified atom stereocenters. The minimum Gasteiger partial charge on any atom is -0.462 e. The molecule has 0 fully saturated rings. The van der Waals surface area contributed by atoms with E-state index in [-0.39, 0.29) is 24.3 Å². The van der Waals surface area contributed by atoms with E-state index < -0.39 is 23.7 Å². The fourth-order valence-electron chi connectivity index (χ4n) is 4.76. The number of benzene rings is 1. The van der Waals surface area contributed by atoms with E-state index in [4.69, 9.17) is 4.74 Å². The van der Waals surface area contributed by atoms with Crippen LogP contribution in [0.2, 0.25) is 0 Å². The third-order valence-corrected chi connectivity index (χ3v) is 6.41. The lowest BCUT2D eigenvalue weighted by Crippen LogP contribution is -2.21. The van der Waals surface area contributed by atoms with Gasteiger partial charge in [-0.2, -0.15) is 23.4 Å². The normalized spacial score (nSPS) is 13.7. The van der Waals surface area contributed by atoms with Crippen LogP contribution < -0.4 is 5.32 Å². The molecular formula is C26H25F3N6O3. The smallest absolute Gasteiger partial charge is 0.435 e. The second-order valence-corrected chi connectivity index (χ2v) is 8.96. The van der Waals surface area contributed by atoms with Crippen molar-refractivity contribution < 1.29 is 27.5 Å². The van der Waals surface area contributed by atoms with Crippen LogP contribution >= 0.6 is 0 Å². The van der Waals surface area contributed by atoms with Crippen LogP contribution in [0.5, 0.6) is 0 Å². The van der Waals surface area contributed by atoms with Crippen LogP contribution in [0.3, 0.4) is 0 Å². The molecule has 38 heavy (non-hydrogen) atoms. The van der Waals surface area contributed by atoms with Crippen LogP contribution in [0.1, 0.15) is 53.5 Å². The highest BCUT2D eigenvalue weighted by atomic mass is 19.4. The molecule has 0 bridgehead atoms. The number of ether oxygens (including phenoxy) is 1. The van der Waals surface area contributed by atoms with E-state index >= 15 is 0 Å². The molecule has 12 heteroatoms. The second kappa shape index (κ2) is 10.3. The van der Waals surface area contributed by atoms with Crippen LogP contribution in [-0.2, 0) is 35.1 Å². The predicted molar refractivity (Wildman–Crippen MR) is 131 cm³/mol. The Hall–Kier alpha value is -4.22. The molecule has 1 aromatic carbocycles. The molecule has 0 saturated heterocycles. The number of aromatic nitrogens is 5. The lowest BCUT2D eigenvalue weighted by molar-refractivity contribution is -0.142. The first kappa shape index (κ1) is 25.4. The van der Waals surface area contributed by atoms with Gasteiger partial charge in [0.1, 0.15) is 12.1 Å². The summed E-state index contributed by atoms with van der Waals surface area (Å²) in [4.78, 5) is 29.4. The maximum absolute atomic E-state index is 13.6. The quantitative estimate of drug-likeness (QED) is 0.289. The van der Waals surface area contributed by atoms with Gasteiger partial charge in [0.25, 0.3) is 0 Å². The number of carbonyl (C=O) groups is 2. The van der Waals surface area contributed by atoms with Crippen LogP contribution in [0.25, 0.3) is 16.9 Å². The number of carbonyl (C=O) groups excluding carboxylic acids is 2. The highest BCUT2D eigenvalue weighted by Crippen LogP contribution is 2.35. The van der Waals surface area contributed by atoms with Crippen LogP contribution in [0.15, 0.2) is 42.7 Å². The molecule has 4 aromatic rings. The van der Waals surface area contributed by atoms with Gasteiger partial charge >= 0.3 is 12.1 Å². The third-order valence-electron chi connectivity index (χ3n) is 6.41. The van der Waals surface area contributed by atoms with Gasteiger partial charge in [-0.3, -0.25) is 9.48 Å². The molecule has 0 spiro atoms. The van der Waals surface area contributed by atoms with E-state index in [1.54, 1.807) is 43.5 Å². The van der Waals surface area contributed by atoms with Crippen molar-refractivity contribution in [2.75, 3.05) is 11.9 Å². The largest absolute Gasteiger partial charge is 0.462 e. The van der Waals surface area contributed by atoms with Crippen LogP contribution in [0, 0.1) is 0 Å². The number of fused-ring (bicyclic) bond motifs is 2. The van der Waals surface area contributed by atoms with Gasteiger partial charge in [-0.1, -0.05) is 18.6 Å². The molecule has 0 saturated carbocycles.